The average molecular weight is 376 g/mol. The van der Waals surface area contributed by atoms with E-state index in [1.54, 1.807) is 0 Å². The highest BCUT2D eigenvalue weighted by Crippen LogP contribution is 2.43. The van der Waals surface area contributed by atoms with Gasteiger partial charge in [0.05, 0.1) is 5.92 Å². The number of nitrogens with one attached hydrogen (secondary N) is 1. The summed E-state index contributed by atoms with van der Waals surface area (Å²) in [5.74, 6) is -0.174. The van der Waals surface area contributed by atoms with Crippen LogP contribution in [0.5, 0.6) is 0 Å². The summed E-state index contributed by atoms with van der Waals surface area (Å²) in [6, 6.07) is 14.3. The first kappa shape index (κ1) is 20.1. The molecular weight excluding hydrogens is 346 g/mol. The molecule has 0 aromatic heterocycles. The molecule has 1 aliphatic carbocycles. The molecule has 2 atom stereocenters. The number of carbonyl (C=O) groups excluding carboxylic acids is 2. The molecule has 2 aromatic carbocycles. The second kappa shape index (κ2) is 8.55. The maximum absolute atomic E-state index is 12.8. The minimum absolute atomic E-state index is 0.00659. The minimum atomic E-state index is -0.275. The van der Waals surface area contributed by atoms with Crippen molar-refractivity contribution in [1.82, 2.24) is 5.32 Å². The van der Waals surface area contributed by atoms with Crippen molar-refractivity contribution in [2.45, 2.75) is 46.0 Å². The van der Waals surface area contributed by atoms with Crippen molar-refractivity contribution in [3.05, 3.63) is 82.4 Å². The first-order valence-corrected chi connectivity index (χ1v) is 9.96. The molecule has 0 bridgehead atoms. The quantitative estimate of drug-likeness (QED) is 0.751. The van der Waals surface area contributed by atoms with Gasteiger partial charge in [-0.15, -0.1) is 0 Å². The number of amides is 1. The van der Waals surface area contributed by atoms with Crippen LogP contribution in [0, 0.1) is 26.7 Å². The van der Waals surface area contributed by atoms with E-state index in [1.807, 2.05) is 18.2 Å². The summed E-state index contributed by atoms with van der Waals surface area (Å²) in [6.07, 6.45) is 1.55. The summed E-state index contributed by atoms with van der Waals surface area (Å²) in [7, 11) is 0. The van der Waals surface area contributed by atoms with E-state index >= 15 is 0 Å². The summed E-state index contributed by atoms with van der Waals surface area (Å²) in [5.41, 5.74) is 6.62. The second-order valence-corrected chi connectivity index (χ2v) is 7.98. The zero-order chi connectivity index (χ0) is 20.3. The Labute approximate surface area is 167 Å². The summed E-state index contributed by atoms with van der Waals surface area (Å²) < 4.78 is 0. The molecule has 1 amide bonds. The van der Waals surface area contributed by atoms with E-state index in [1.165, 1.54) is 11.1 Å². The molecule has 28 heavy (non-hydrogen) atoms. The van der Waals surface area contributed by atoms with Crippen LogP contribution < -0.4 is 5.32 Å². The number of allylic oxidation sites excluding steroid dienone is 1. The number of ketones is 1. The van der Waals surface area contributed by atoms with Gasteiger partial charge in [0.15, 0.2) is 0 Å². The Morgan fingerprint density at radius 1 is 1.11 bits per heavy atom. The number of hydrogen-bond acceptors (Lipinski definition) is 2. The number of rotatable bonds is 6. The van der Waals surface area contributed by atoms with Crippen molar-refractivity contribution in [2.24, 2.45) is 5.92 Å². The van der Waals surface area contributed by atoms with Gasteiger partial charge in [0.2, 0.25) is 5.91 Å². The molecule has 2 unspecified atom stereocenters. The molecule has 0 radical (unpaired) electrons. The largest absolute Gasteiger partial charge is 0.356 e. The average Bonchev–Trinajstić information content (AvgIpc) is 2.89. The van der Waals surface area contributed by atoms with Crippen molar-refractivity contribution in [1.29, 1.82) is 0 Å². The lowest BCUT2D eigenvalue weighted by Crippen LogP contribution is -2.27. The zero-order valence-corrected chi connectivity index (χ0v) is 17.0. The number of aryl methyl sites for hydroxylation is 3. The normalized spacial score (nSPS) is 19.1. The molecule has 0 heterocycles. The van der Waals surface area contributed by atoms with Gasteiger partial charge in [-0.05, 0) is 55.4 Å². The maximum atomic E-state index is 12.8. The number of Topliss-reactive ketones (excluding diaryl/α,β-unsaturated/α-hetero) is 1. The fraction of sp³-hybridized carbons (Fsp3) is 0.360. The van der Waals surface area contributed by atoms with Gasteiger partial charge in [0.1, 0.15) is 5.78 Å². The molecule has 1 N–H and O–H groups in total. The van der Waals surface area contributed by atoms with Crippen molar-refractivity contribution in [3.8, 4) is 0 Å². The number of carbonyl (C=O) groups is 2. The van der Waals surface area contributed by atoms with Gasteiger partial charge in [-0.2, -0.15) is 0 Å². The number of hydrogen-bond donors (Lipinski definition) is 1. The lowest BCUT2D eigenvalue weighted by atomic mass is 9.84. The van der Waals surface area contributed by atoms with Crippen molar-refractivity contribution in [2.75, 3.05) is 6.54 Å². The fourth-order valence-corrected chi connectivity index (χ4v) is 4.42. The van der Waals surface area contributed by atoms with Gasteiger partial charge >= 0.3 is 0 Å². The highest BCUT2D eigenvalue weighted by Gasteiger charge is 2.39. The van der Waals surface area contributed by atoms with E-state index in [0.717, 1.165) is 28.7 Å². The van der Waals surface area contributed by atoms with Crippen LogP contribution in [0.15, 0.2) is 54.6 Å². The molecule has 1 saturated carbocycles. The van der Waals surface area contributed by atoms with E-state index in [9.17, 15) is 9.59 Å². The molecule has 0 spiro atoms. The Morgan fingerprint density at radius 2 is 1.75 bits per heavy atom. The van der Waals surface area contributed by atoms with Crippen LogP contribution >= 0.6 is 0 Å². The van der Waals surface area contributed by atoms with Crippen molar-refractivity contribution >= 4 is 11.7 Å². The molecule has 1 aliphatic rings. The molecule has 0 aliphatic heterocycles. The maximum Gasteiger partial charge on any atom is 0.220 e. The Balaban J connectivity index is 1.61. The molecule has 3 rings (SSSR count). The van der Waals surface area contributed by atoms with Crippen LogP contribution in [0.4, 0.5) is 0 Å². The van der Waals surface area contributed by atoms with Crippen LogP contribution in [-0.2, 0) is 16.0 Å². The topological polar surface area (TPSA) is 46.2 Å². The predicted octanol–water partition coefficient (Wildman–Crippen LogP) is 4.59. The molecule has 2 aromatic rings. The third-order valence-corrected chi connectivity index (χ3v) is 5.70. The summed E-state index contributed by atoms with van der Waals surface area (Å²) in [6.45, 7) is 11.0. The molecule has 3 nitrogen and oxygen atoms in total. The van der Waals surface area contributed by atoms with Crippen molar-refractivity contribution in [3.63, 3.8) is 0 Å². The summed E-state index contributed by atoms with van der Waals surface area (Å²) >= 11 is 0. The Kier molecular flexibility index (Phi) is 6.13. The van der Waals surface area contributed by atoms with E-state index in [2.05, 4.69) is 56.9 Å². The lowest BCUT2D eigenvalue weighted by Gasteiger charge is -2.19. The van der Waals surface area contributed by atoms with Gasteiger partial charge in [0, 0.05) is 19.4 Å². The number of benzene rings is 2. The zero-order valence-electron chi connectivity index (χ0n) is 17.0. The standard InChI is InChI=1S/C25H29NO2/c1-16-12-17(2)24(18(3)13-16)25-19(4)21(14-22(25)27)15-23(28)26-11-10-20-8-6-5-7-9-20/h5-9,12-13,21,25H,4,10-11,14-15H2,1-3H3,(H,26,28). The fourth-order valence-electron chi connectivity index (χ4n) is 4.42. The lowest BCUT2D eigenvalue weighted by molar-refractivity contribution is -0.121. The van der Waals surface area contributed by atoms with Crippen LogP contribution in [0.3, 0.4) is 0 Å². The highest BCUT2D eigenvalue weighted by atomic mass is 16.1. The first-order chi connectivity index (χ1) is 13.4. The molecule has 146 valence electrons. The van der Waals surface area contributed by atoms with Crippen molar-refractivity contribution < 1.29 is 9.59 Å². The van der Waals surface area contributed by atoms with Gasteiger partial charge in [-0.1, -0.05) is 60.2 Å². The Morgan fingerprint density at radius 3 is 2.39 bits per heavy atom. The van der Waals surface area contributed by atoms with E-state index in [4.69, 9.17) is 0 Å². The Bertz CT molecular complexity index is 875. The van der Waals surface area contributed by atoms with Gasteiger partial charge < -0.3 is 5.32 Å². The first-order valence-electron chi connectivity index (χ1n) is 9.96. The minimum Gasteiger partial charge on any atom is -0.356 e. The van der Waals surface area contributed by atoms with Crippen LogP contribution in [0.1, 0.15) is 46.6 Å². The van der Waals surface area contributed by atoms with E-state index in [0.29, 0.717) is 19.4 Å². The molecular formula is C25H29NO2. The van der Waals surface area contributed by atoms with Gasteiger partial charge in [-0.3, -0.25) is 9.59 Å². The van der Waals surface area contributed by atoms with E-state index < -0.39 is 0 Å². The SMILES string of the molecule is C=C1C(CC(=O)NCCc2ccccc2)CC(=O)C1c1c(C)cc(C)cc1C. The third-order valence-electron chi connectivity index (χ3n) is 5.70. The summed E-state index contributed by atoms with van der Waals surface area (Å²) in [5, 5.41) is 2.99. The smallest absolute Gasteiger partial charge is 0.220 e. The monoisotopic (exact) mass is 375 g/mol. The van der Waals surface area contributed by atoms with E-state index in [-0.39, 0.29) is 23.5 Å². The second-order valence-electron chi connectivity index (χ2n) is 7.98. The van der Waals surface area contributed by atoms with Crippen LogP contribution in [0.25, 0.3) is 0 Å². The van der Waals surface area contributed by atoms with Crippen LogP contribution in [0.2, 0.25) is 0 Å². The molecule has 3 heteroatoms. The molecule has 1 fully saturated rings. The van der Waals surface area contributed by atoms with Crippen LogP contribution in [-0.4, -0.2) is 18.2 Å². The Hall–Kier alpha value is -2.68. The van der Waals surface area contributed by atoms with Gasteiger partial charge in [0.25, 0.3) is 0 Å². The van der Waals surface area contributed by atoms with Gasteiger partial charge in [-0.25, -0.2) is 0 Å². The predicted molar refractivity (Wildman–Crippen MR) is 113 cm³/mol. The third kappa shape index (κ3) is 4.41. The molecule has 0 saturated heterocycles. The highest BCUT2D eigenvalue weighted by molar-refractivity contribution is 5.94. The summed E-state index contributed by atoms with van der Waals surface area (Å²) in [4.78, 5) is 25.2.